The molecule has 50 heavy (non-hydrogen) atoms. The second kappa shape index (κ2) is 12.2. The quantitative estimate of drug-likeness (QED) is 0.199. The van der Waals surface area contributed by atoms with Gasteiger partial charge in [-0.25, -0.2) is 19.9 Å². The van der Waals surface area contributed by atoms with Crippen molar-refractivity contribution in [1.29, 1.82) is 0 Å². The van der Waals surface area contributed by atoms with Crippen LogP contribution in [-0.4, -0.2) is 30.0 Å². The molecule has 3 heterocycles. The van der Waals surface area contributed by atoms with E-state index >= 15 is 0 Å². The van der Waals surface area contributed by atoms with E-state index in [9.17, 15) is 0 Å². The van der Waals surface area contributed by atoms with Gasteiger partial charge in [0.1, 0.15) is 5.82 Å². The molecule has 6 nitrogen and oxygen atoms in total. The Morgan fingerprint density at radius 2 is 0.980 bits per heavy atom. The number of hydrogen-bond donors (Lipinski definition) is 1. The van der Waals surface area contributed by atoms with Crippen molar-refractivity contribution in [2.75, 3.05) is 5.32 Å². The molecule has 6 heteroatoms. The highest BCUT2D eigenvalue weighted by Crippen LogP contribution is 2.39. The Hall–Kier alpha value is -5.36. The predicted molar refractivity (Wildman–Crippen MR) is 209 cm³/mol. The van der Waals surface area contributed by atoms with Gasteiger partial charge < -0.3 is 9.88 Å². The standard InChI is InChI=1S/C44H46N6/c1-42(2,3)30-20-22-36-33(24-30)34-25-31(43(4,5)6)21-23-37(34)50(36)32-26-35(40(45-27-32)49-44(7,8)9)41-47-38(28-16-12-10-13-17-28)46-39(48-41)29-18-14-11-15-19-29/h10-27H,1-9H3,(H,45,49). The van der Waals surface area contributed by atoms with E-state index in [1.54, 1.807) is 0 Å². The number of anilines is 1. The van der Waals surface area contributed by atoms with Gasteiger partial charge in [-0.15, -0.1) is 0 Å². The fourth-order valence-corrected chi connectivity index (χ4v) is 6.36. The fraction of sp³-hybridized carbons (Fsp3) is 0.273. The maximum absolute atomic E-state index is 5.10. The van der Waals surface area contributed by atoms with Crippen molar-refractivity contribution in [2.24, 2.45) is 0 Å². The molecule has 0 aliphatic heterocycles. The van der Waals surface area contributed by atoms with Gasteiger partial charge in [0.05, 0.1) is 28.5 Å². The van der Waals surface area contributed by atoms with Crippen LogP contribution in [0.2, 0.25) is 0 Å². The van der Waals surface area contributed by atoms with E-state index in [1.807, 2.05) is 66.9 Å². The van der Waals surface area contributed by atoms with Crippen LogP contribution in [0.25, 0.3) is 61.7 Å². The topological polar surface area (TPSA) is 68.5 Å². The SMILES string of the molecule is CC(C)(C)Nc1ncc(-n2c3ccc(C(C)(C)C)cc3c3cc(C(C)(C)C)ccc32)cc1-c1nc(-c2ccccc2)nc(-c2ccccc2)n1. The van der Waals surface area contributed by atoms with Gasteiger partial charge in [0.2, 0.25) is 0 Å². The van der Waals surface area contributed by atoms with Crippen LogP contribution in [0, 0.1) is 0 Å². The highest BCUT2D eigenvalue weighted by Gasteiger charge is 2.24. The van der Waals surface area contributed by atoms with Gasteiger partial charge in [0.15, 0.2) is 17.5 Å². The fourth-order valence-electron chi connectivity index (χ4n) is 6.36. The summed E-state index contributed by atoms with van der Waals surface area (Å²) in [5, 5.41) is 6.10. The van der Waals surface area contributed by atoms with E-state index < -0.39 is 0 Å². The van der Waals surface area contributed by atoms with Crippen molar-refractivity contribution in [2.45, 2.75) is 78.7 Å². The summed E-state index contributed by atoms with van der Waals surface area (Å²) in [6.45, 7) is 20.0. The van der Waals surface area contributed by atoms with Crippen LogP contribution in [-0.2, 0) is 10.8 Å². The number of nitrogens with zero attached hydrogens (tertiary/aromatic N) is 5. The van der Waals surface area contributed by atoms with Crippen LogP contribution in [0.1, 0.15) is 73.4 Å². The lowest BCUT2D eigenvalue weighted by Gasteiger charge is -2.24. The molecule has 0 aliphatic rings. The molecule has 0 bridgehead atoms. The highest BCUT2D eigenvalue weighted by atomic mass is 15.1. The Balaban J connectivity index is 1.51. The third kappa shape index (κ3) is 6.50. The van der Waals surface area contributed by atoms with E-state index in [-0.39, 0.29) is 16.4 Å². The van der Waals surface area contributed by atoms with Crippen molar-refractivity contribution >= 4 is 27.6 Å². The van der Waals surface area contributed by atoms with Crippen LogP contribution < -0.4 is 5.32 Å². The molecule has 0 radical (unpaired) electrons. The molecule has 0 atom stereocenters. The first-order valence-electron chi connectivity index (χ1n) is 17.4. The summed E-state index contributed by atoms with van der Waals surface area (Å²) in [6, 6.07) is 36.1. The van der Waals surface area contributed by atoms with Gasteiger partial charge in [0, 0.05) is 27.4 Å². The largest absolute Gasteiger partial charge is 0.365 e. The summed E-state index contributed by atoms with van der Waals surface area (Å²) in [6.07, 6.45) is 1.96. The molecule has 0 amide bonds. The summed E-state index contributed by atoms with van der Waals surface area (Å²) >= 11 is 0. The smallest absolute Gasteiger partial charge is 0.167 e. The summed E-state index contributed by atoms with van der Waals surface area (Å²) < 4.78 is 2.33. The Bertz CT molecular complexity index is 2200. The molecule has 4 aromatic carbocycles. The van der Waals surface area contributed by atoms with Crippen molar-refractivity contribution in [3.8, 4) is 39.9 Å². The summed E-state index contributed by atoms with van der Waals surface area (Å²) in [7, 11) is 0. The summed E-state index contributed by atoms with van der Waals surface area (Å²) in [5.41, 5.74) is 8.26. The number of benzene rings is 4. The predicted octanol–water partition coefficient (Wildman–Crippen LogP) is 11.2. The van der Waals surface area contributed by atoms with Gasteiger partial charge in [-0.05, 0) is 73.1 Å². The Morgan fingerprint density at radius 1 is 0.520 bits per heavy atom. The van der Waals surface area contributed by atoms with Gasteiger partial charge in [-0.1, -0.05) is 114 Å². The first kappa shape index (κ1) is 33.2. The molecule has 0 fully saturated rings. The molecule has 0 unspecified atom stereocenters. The van der Waals surface area contributed by atoms with Crippen molar-refractivity contribution in [3.05, 3.63) is 120 Å². The average Bonchev–Trinajstić information content (AvgIpc) is 3.41. The Kier molecular flexibility index (Phi) is 8.09. The van der Waals surface area contributed by atoms with E-state index in [2.05, 4.69) is 115 Å². The van der Waals surface area contributed by atoms with Crippen LogP contribution in [0.5, 0.6) is 0 Å². The molecule has 0 aliphatic carbocycles. The lowest BCUT2D eigenvalue weighted by Crippen LogP contribution is -2.27. The van der Waals surface area contributed by atoms with E-state index in [1.165, 1.54) is 21.9 Å². The second-order valence-corrected chi connectivity index (χ2v) is 16.3. The minimum absolute atomic E-state index is 0.0187. The minimum Gasteiger partial charge on any atom is -0.365 e. The number of fused-ring (bicyclic) bond motifs is 3. The molecule has 7 rings (SSSR count). The summed E-state index contributed by atoms with van der Waals surface area (Å²) in [4.78, 5) is 20.2. The third-order valence-electron chi connectivity index (χ3n) is 9.06. The monoisotopic (exact) mass is 658 g/mol. The lowest BCUT2D eigenvalue weighted by molar-refractivity contribution is 0.590. The third-order valence-corrected chi connectivity index (χ3v) is 9.06. The maximum atomic E-state index is 5.10. The maximum Gasteiger partial charge on any atom is 0.167 e. The molecular weight excluding hydrogens is 613 g/mol. The Morgan fingerprint density at radius 3 is 1.42 bits per heavy atom. The summed E-state index contributed by atoms with van der Waals surface area (Å²) in [5.74, 6) is 2.51. The first-order chi connectivity index (χ1) is 23.7. The molecule has 0 saturated heterocycles. The molecule has 0 saturated carbocycles. The van der Waals surface area contributed by atoms with Crippen LogP contribution in [0.4, 0.5) is 5.82 Å². The molecule has 0 spiro atoms. The first-order valence-corrected chi connectivity index (χ1v) is 17.4. The Labute approximate surface area is 295 Å². The number of hydrogen-bond acceptors (Lipinski definition) is 5. The number of nitrogens with one attached hydrogen (secondary N) is 1. The number of aromatic nitrogens is 5. The number of rotatable bonds is 5. The van der Waals surface area contributed by atoms with Gasteiger partial charge in [0.25, 0.3) is 0 Å². The van der Waals surface area contributed by atoms with E-state index in [0.29, 0.717) is 17.5 Å². The van der Waals surface area contributed by atoms with Crippen molar-refractivity contribution < 1.29 is 0 Å². The minimum atomic E-state index is -0.250. The highest BCUT2D eigenvalue weighted by molar-refractivity contribution is 6.10. The zero-order valence-electron chi connectivity index (χ0n) is 30.6. The molecule has 7 aromatic rings. The van der Waals surface area contributed by atoms with E-state index in [0.717, 1.165) is 39.2 Å². The molecule has 3 aromatic heterocycles. The van der Waals surface area contributed by atoms with Gasteiger partial charge in [-0.3, -0.25) is 0 Å². The van der Waals surface area contributed by atoms with Crippen LogP contribution in [0.3, 0.4) is 0 Å². The zero-order chi connectivity index (χ0) is 35.4. The molecule has 1 N–H and O–H groups in total. The second-order valence-electron chi connectivity index (χ2n) is 16.3. The average molecular weight is 659 g/mol. The zero-order valence-corrected chi connectivity index (χ0v) is 30.6. The van der Waals surface area contributed by atoms with Crippen molar-refractivity contribution in [3.63, 3.8) is 0 Å². The molecule has 252 valence electrons. The molecular formula is C44H46N6. The normalized spacial score (nSPS) is 12.5. The van der Waals surface area contributed by atoms with E-state index in [4.69, 9.17) is 19.9 Å². The van der Waals surface area contributed by atoms with Gasteiger partial charge >= 0.3 is 0 Å². The van der Waals surface area contributed by atoms with Gasteiger partial charge in [-0.2, -0.15) is 0 Å². The number of pyridine rings is 1. The lowest BCUT2D eigenvalue weighted by atomic mass is 9.85. The van der Waals surface area contributed by atoms with Crippen LogP contribution >= 0.6 is 0 Å². The van der Waals surface area contributed by atoms with Crippen LogP contribution in [0.15, 0.2) is 109 Å². The van der Waals surface area contributed by atoms with Crippen molar-refractivity contribution in [1.82, 2.24) is 24.5 Å².